The third-order valence-corrected chi connectivity index (χ3v) is 4.90. The Morgan fingerprint density at radius 1 is 0.527 bits per heavy atom. The van der Waals surface area contributed by atoms with Crippen LogP contribution in [0.15, 0.2) is 24.3 Å². The summed E-state index contributed by atoms with van der Waals surface area (Å²) in [5, 5.41) is 8.17. The van der Waals surface area contributed by atoms with Crippen LogP contribution in [-0.4, -0.2) is 73.7 Å². The first-order chi connectivity index (χ1) is 23.1. The standard InChI is InChI=1S/C10H14O5.C9H12O6.C5H11O6P.C4H11O4P.4Na/c1-7(2)10(13)15-6-14-9(12)5-4-8(3)11;1-6(2)9(13)15-5-14-8(12)4-3-7(10)11;1-4(2)5(6)10-3-11-12(7,8)9;1-4(2)3-8-9(5,6)7;;;;/h4-5,7H,6H2,1-3H3;3-4,6H,5H2,1-2H3,(H,10,11);4H,3H2,1-2H3,(H2,7,8,9);4H,3H2,1-2H3,(H2,5,6,7);;;;/q;;;;4*+1/p-4/b5-4+;4-3+;;;;;;. The van der Waals surface area contributed by atoms with E-state index >= 15 is 0 Å². The molecule has 0 atom stereocenters. The maximum absolute atomic E-state index is 10.9. The Hall–Kier alpha value is 0.190. The Balaban J connectivity index is -0.0000000885. The molecule has 0 bridgehead atoms. The molecule has 55 heavy (non-hydrogen) atoms. The monoisotopic (exact) mass is 870 g/mol. The van der Waals surface area contributed by atoms with Gasteiger partial charge in [-0.2, -0.15) is 0 Å². The molecule has 0 radical (unpaired) electrons. The van der Waals surface area contributed by atoms with Crippen LogP contribution in [0.4, 0.5) is 0 Å². The van der Waals surface area contributed by atoms with Crippen molar-refractivity contribution < 1.29 is 218 Å². The quantitative estimate of drug-likeness (QED) is 0.0354. The summed E-state index contributed by atoms with van der Waals surface area (Å²) in [6, 6.07) is 0. The Morgan fingerprint density at radius 2 is 0.836 bits per heavy atom. The zero-order chi connectivity index (χ0) is 41.0. The first kappa shape index (κ1) is 72.8. The molecule has 0 aliphatic rings. The molecule has 0 spiro atoms. The number of allylic oxidation sites excluding steroid dienone is 1. The van der Waals surface area contributed by atoms with Gasteiger partial charge in [0, 0.05) is 18.2 Å². The second kappa shape index (κ2) is 42.3. The molecule has 0 aromatic heterocycles. The van der Waals surface area contributed by atoms with Crippen molar-refractivity contribution >= 4 is 57.2 Å². The van der Waals surface area contributed by atoms with Gasteiger partial charge < -0.3 is 66.5 Å². The number of rotatable bonds is 17. The SMILES string of the molecule is CC(=O)/C=C/C(=O)OCOC(=O)C(C)C.CC(C)C(=O)OCOC(=O)/C=C/C(=O)O.CC(C)C(=O)OCOP(=O)([O-])[O-].CC(C)COP(=O)([O-])[O-].[Na+].[Na+].[Na+].[Na+]. The van der Waals surface area contributed by atoms with Crippen molar-refractivity contribution in [1.29, 1.82) is 0 Å². The number of ketones is 1. The minimum atomic E-state index is -5.03. The van der Waals surface area contributed by atoms with E-state index in [2.05, 4.69) is 32.7 Å². The van der Waals surface area contributed by atoms with Gasteiger partial charge in [0.2, 0.25) is 13.6 Å². The fraction of sp³-hybridized carbons (Fsp3) is 0.607. The molecule has 0 aliphatic carbocycles. The van der Waals surface area contributed by atoms with E-state index in [4.69, 9.17) is 5.11 Å². The molecule has 0 rings (SSSR count). The molecule has 21 nitrogen and oxygen atoms in total. The van der Waals surface area contributed by atoms with E-state index in [0.717, 1.165) is 18.2 Å². The Kier molecular flexibility index (Phi) is 56.0. The summed E-state index contributed by atoms with van der Waals surface area (Å²) in [6.45, 7) is 12.7. The second-order valence-electron chi connectivity index (χ2n) is 10.5. The zero-order valence-corrected chi connectivity index (χ0v) is 43.2. The number of ether oxygens (including phenoxy) is 5. The number of carboxylic acids is 1. The van der Waals surface area contributed by atoms with Gasteiger partial charge in [-0.25, -0.2) is 14.4 Å². The molecule has 0 aliphatic heterocycles. The molecule has 0 aromatic rings. The average molecular weight is 871 g/mol. The maximum Gasteiger partial charge on any atom is 1.00 e. The predicted molar refractivity (Wildman–Crippen MR) is 163 cm³/mol. The van der Waals surface area contributed by atoms with Crippen molar-refractivity contribution in [3.63, 3.8) is 0 Å². The van der Waals surface area contributed by atoms with Gasteiger partial charge in [-0.3, -0.25) is 19.2 Å². The van der Waals surface area contributed by atoms with Crippen LogP contribution in [0.25, 0.3) is 0 Å². The van der Waals surface area contributed by atoms with E-state index in [1.807, 2.05) is 0 Å². The number of carboxylic acid groups (broad SMARTS) is 1. The van der Waals surface area contributed by atoms with Crippen LogP contribution in [-0.2, 0) is 75.4 Å². The Bertz CT molecular complexity index is 1200. The molecule has 0 saturated heterocycles. The van der Waals surface area contributed by atoms with E-state index in [0.29, 0.717) is 6.08 Å². The van der Waals surface area contributed by atoms with Crippen LogP contribution in [0.1, 0.15) is 62.3 Å². The molecule has 0 unspecified atom stereocenters. The van der Waals surface area contributed by atoms with E-state index in [1.165, 1.54) is 6.92 Å². The molecule has 0 aromatic carbocycles. The van der Waals surface area contributed by atoms with Gasteiger partial charge in [-0.15, -0.1) is 0 Å². The van der Waals surface area contributed by atoms with Gasteiger partial charge in [-0.1, -0.05) is 55.4 Å². The first-order valence-corrected chi connectivity index (χ1v) is 17.3. The third-order valence-electron chi connectivity index (χ3n) is 4.01. The third kappa shape index (κ3) is 66.3. The van der Waals surface area contributed by atoms with Gasteiger partial charge in [0.05, 0.1) is 40.0 Å². The minimum Gasteiger partial charge on any atom is -0.790 e. The largest absolute Gasteiger partial charge is 1.00 e. The van der Waals surface area contributed by atoms with Crippen molar-refractivity contribution in [2.24, 2.45) is 23.7 Å². The summed E-state index contributed by atoms with van der Waals surface area (Å²) in [6.07, 6.45) is 3.41. The topological polar surface area (TPSA) is 331 Å². The molecule has 0 fully saturated rings. The summed E-state index contributed by atoms with van der Waals surface area (Å²) in [5.41, 5.74) is 0. The molecule has 296 valence electrons. The van der Waals surface area contributed by atoms with Crippen LogP contribution >= 0.6 is 15.6 Å². The minimum absolute atomic E-state index is 0. The fourth-order valence-electron chi connectivity index (χ4n) is 1.60. The molecule has 0 saturated carbocycles. The number of phosphoric acid groups is 2. The Morgan fingerprint density at radius 3 is 1.07 bits per heavy atom. The number of hydrogen-bond acceptors (Lipinski definition) is 20. The van der Waals surface area contributed by atoms with Crippen LogP contribution in [0.2, 0.25) is 0 Å². The fourth-order valence-corrected chi connectivity index (χ4v) is 2.26. The van der Waals surface area contributed by atoms with Gasteiger partial charge in [-0.05, 0) is 18.9 Å². The molecule has 1 N–H and O–H groups in total. The van der Waals surface area contributed by atoms with E-state index in [1.54, 1.807) is 55.4 Å². The van der Waals surface area contributed by atoms with Crippen molar-refractivity contribution in [2.45, 2.75) is 62.3 Å². The summed E-state index contributed by atoms with van der Waals surface area (Å²) in [7, 11) is -9.75. The second-order valence-corrected chi connectivity index (χ2v) is 12.8. The van der Waals surface area contributed by atoms with Crippen molar-refractivity contribution in [2.75, 3.05) is 27.0 Å². The Labute approximate surface area is 408 Å². The average Bonchev–Trinajstić information content (AvgIpc) is 2.97. The van der Waals surface area contributed by atoms with E-state index in [-0.39, 0.29) is 154 Å². The van der Waals surface area contributed by atoms with Gasteiger partial charge in [0.25, 0.3) is 0 Å². The van der Waals surface area contributed by atoms with Crippen molar-refractivity contribution in [3.05, 3.63) is 24.3 Å². The molecular formula is C28H44Na4O21P2. The van der Waals surface area contributed by atoms with Crippen LogP contribution in [0, 0.1) is 23.7 Å². The smallest absolute Gasteiger partial charge is 0.790 e. The number of phosphoric ester groups is 2. The zero-order valence-electron chi connectivity index (χ0n) is 33.5. The summed E-state index contributed by atoms with van der Waals surface area (Å²) < 4.78 is 49.4. The van der Waals surface area contributed by atoms with Crippen molar-refractivity contribution in [1.82, 2.24) is 0 Å². The van der Waals surface area contributed by atoms with Gasteiger partial charge >= 0.3 is 154 Å². The van der Waals surface area contributed by atoms with Gasteiger partial charge in [0.15, 0.2) is 12.6 Å². The van der Waals surface area contributed by atoms with Gasteiger partial charge in [0.1, 0.15) is 0 Å². The number of aliphatic carboxylic acids is 1. The number of carbonyl (C=O) groups excluding carboxylic acids is 6. The van der Waals surface area contributed by atoms with Crippen LogP contribution < -0.4 is 138 Å². The van der Waals surface area contributed by atoms with Crippen LogP contribution in [0.5, 0.6) is 0 Å². The normalized spacial score (nSPS) is 10.3. The molecule has 27 heteroatoms. The number of esters is 5. The molecular weight excluding hydrogens is 826 g/mol. The number of hydrogen-bond donors (Lipinski definition) is 1. The van der Waals surface area contributed by atoms with Crippen LogP contribution in [0.3, 0.4) is 0 Å². The molecule has 0 heterocycles. The first-order valence-electron chi connectivity index (χ1n) is 14.4. The van der Waals surface area contributed by atoms with Crippen molar-refractivity contribution in [3.8, 4) is 0 Å². The molecule has 0 amide bonds. The van der Waals surface area contributed by atoms with E-state index < -0.39 is 71.8 Å². The predicted octanol–water partition coefficient (Wildman–Crippen LogP) is -12.3. The summed E-state index contributed by atoms with van der Waals surface area (Å²) >= 11 is 0. The van der Waals surface area contributed by atoms with E-state index in [9.17, 15) is 62.3 Å². The summed E-state index contributed by atoms with van der Waals surface area (Å²) in [5.74, 6) is -5.57. The maximum atomic E-state index is 10.9. The number of carbonyl (C=O) groups is 7. The summed E-state index contributed by atoms with van der Waals surface area (Å²) in [4.78, 5) is 114.